The van der Waals surface area contributed by atoms with E-state index in [1.165, 1.54) is 6.42 Å². The van der Waals surface area contributed by atoms with Gasteiger partial charge < -0.3 is 15.7 Å². The summed E-state index contributed by atoms with van der Waals surface area (Å²) in [6.45, 7) is 3.74. The van der Waals surface area contributed by atoms with E-state index in [9.17, 15) is 4.79 Å². The van der Waals surface area contributed by atoms with Crippen molar-refractivity contribution in [1.29, 1.82) is 0 Å². The lowest BCUT2D eigenvalue weighted by molar-refractivity contribution is -0.135. The first-order valence-corrected chi connectivity index (χ1v) is 7.29. The standard InChI is InChI=1S/C14H28N2O2/c1-12(8-9-15)6-7-14(18)16(10-3-11-17)13-4-2-5-13/h12-13,17H,2-11,15H2,1H3. The number of aliphatic hydroxyl groups excluding tert-OH is 1. The minimum Gasteiger partial charge on any atom is -0.396 e. The number of hydrogen-bond acceptors (Lipinski definition) is 3. The molecular weight excluding hydrogens is 228 g/mol. The zero-order valence-corrected chi connectivity index (χ0v) is 11.6. The van der Waals surface area contributed by atoms with Crippen molar-refractivity contribution in [3.63, 3.8) is 0 Å². The summed E-state index contributed by atoms with van der Waals surface area (Å²) in [6, 6.07) is 0.439. The van der Waals surface area contributed by atoms with E-state index >= 15 is 0 Å². The molecule has 3 N–H and O–H groups in total. The van der Waals surface area contributed by atoms with Gasteiger partial charge in [-0.05, 0) is 51.0 Å². The Morgan fingerprint density at radius 2 is 2.17 bits per heavy atom. The molecular formula is C14H28N2O2. The van der Waals surface area contributed by atoms with E-state index in [1.54, 1.807) is 0 Å². The van der Waals surface area contributed by atoms with Gasteiger partial charge in [0.2, 0.25) is 5.91 Å². The van der Waals surface area contributed by atoms with Crippen LogP contribution in [0.5, 0.6) is 0 Å². The normalized spacial score (nSPS) is 17.3. The Kier molecular flexibility index (Phi) is 7.28. The van der Waals surface area contributed by atoms with Crippen molar-refractivity contribution in [3.05, 3.63) is 0 Å². The van der Waals surface area contributed by atoms with Crippen LogP contribution in [0.2, 0.25) is 0 Å². The summed E-state index contributed by atoms with van der Waals surface area (Å²) in [6.07, 6.45) is 6.75. The van der Waals surface area contributed by atoms with E-state index in [-0.39, 0.29) is 12.5 Å². The second-order valence-corrected chi connectivity index (χ2v) is 5.47. The topological polar surface area (TPSA) is 66.6 Å². The van der Waals surface area contributed by atoms with Crippen LogP contribution < -0.4 is 5.73 Å². The van der Waals surface area contributed by atoms with Crippen molar-refractivity contribution in [2.75, 3.05) is 19.7 Å². The lowest BCUT2D eigenvalue weighted by atomic mass is 9.90. The molecule has 0 radical (unpaired) electrons. The van der Waals surface area contributed by atoms with Gasteiger partial charge in [-0.25, -0.2) is 0 Å². The van der Waals surface area contributed by atoms with Crippen molar-refractivity contribution < 1.29 is 9.90 Å². The number of hydrogen-bond donors (Lipinski definition) is 2. The highest BCUT2D eigenvalue weighted by molar-refractivity contribution is 5.76. The van der Waals surface area contributed by atoms with Gasteiger partial charge in [0.15, 0.2) is 0 Å². The summed E-state index contributed by atoms with van der Waals surface area (Å²) in [5.41, 5.74) is 5.52. The fourth-order valence-electron chi connectivity index (χ4n) is 2.39. The van der Waals surface area contributed by atoms with E-state index in [4.69, 9.17) is 10.8 Å². The number of amides is 1. The zero-order chi connectivity index (χ0) is 13.4. The van der Waals surface area contributed by atoms with E-state index in [0.717, 1.165) is 25.7 Å². The smallest absolute Gasteiger partial charge is 0.222 e. The molecule has 0 aromatic rings. The second-order valence-electron chi connectivity index (χ2n) is 5.47. The maximum absolute atomic E-state index is 12.2. The van der Waals surface area contributed by atoms with Gasteiger partial charge in [-0.3, -0.25) is 4.79 Å². The van der Waals surface area contributed by atoms with Crippen LogP contribution in [0.1, 0.15) is 51.9 Å². The van der Waals surface area contributed by atoms with E-state index in [0.29, 0.717) is 37.9 Å². The van der Waals surface area contributed by atoms with Crippen LogP contribution in [0.15, 0.2) is 0 Å². The Hall–Kier alpha value is -0.610. The van der Waals surface area contributed by atoms with Crippen LogP contribution in [0, 0.1) is 5.92 Å². The van der Waals surface area contributed by atoms with E-state index in [2.05, 4.69) is 6.92 Å². The molecule has 18 heavy (non-hydrogen) atoms. The highest BCUT2D eigenvalue weighted by Gasteiger charge is 2.27. The Morgan fingerprint density at radius 1 is 1.44 bits per heavy atom. The monoisotopic (exact) mass is 256 g/mol. The zero-order valence-electron chi connectivity index (χ0n) is 11.6. The molecule has 1 aliphatic carbocycles. The van der Waals surface area contributed by atoms with Gasteiger partial charge in [0.05, 0.1) is 0 Å². The fourth-order valence-corrected chi connectivity index (χ4v) is 2.39. The lowest BCUT2D eigenvalue weighted by Gasteiger charge is -2.38. The minimum absolute atomic E-state index is 0.167. The third kappa shape index (κ3) is 4.94. The van der Waals surface area contributed by atoms with Crippen LogP contribution in [-0.4, -0.2) is 41.7 Å². The largest absolute Gasteiger partial charge is 0.396 e. The average Bonchev–Trinajstić information content (AvgIpc) is 2.29. The van der Waals surface area contributed by atoms with Crippen LogP contribution in [0.25, 0.3) is 0 Å². The number of nitrogens with two attached hydrogens (primary N) is 1. The molecule has 1 unspecified atom stereocenters. The Labute approximate surface area is 111 Å². The third-order valence-electron chi connectivity index (χ3n) is 3.90. The molecule has 0 aliphatic heterocycles. The van der Waals surface area contributed by atoms with Crippen LogP contribution in [-0.2, 0) is 4.79 Å². The number of rotatable bonds is 9. The average molecular weight is 256 g/mol. The number of nitrogens with zero attached hydrogens (tertiary/aromatic N) is 1. The maximum atomic E-state index is 12.2. The summed E-state index contributed by atoms with van der Waals surface area (Å²) >= 11 is 0. The number of aliphatic hydroxyl groups is 1. The number of carbonyl (C=O) groups is 1. The molecule has 0 heterocycles. The maximum Gasteiger partial charge on any atom is 0.222 e. The van der Waals surface area contributed by atoms with Gasteiger partial charge in [-0.1, -0.05) is 6.92 Å². The third-order valence-corrected chi connectivity index (χ3v) is 3.90. The molecule has 4 nitrogen and oxygen atoms in total. The van der Waals surface area contributed by atoms with Gasteiger partial charge >= 0.3 is 0 Å². The molecule has 1 rings (SSSR count). The highest BCUT2D eigenvalue weighted by atomic mass is 16.3. The Balaban J connectivity index is 2.33. The Morgan fingerprint density at radius 3 is 2.67 bits per heavy atom. The molecule has 1 atom stereocenters. The minimum atomic E-state index is 0.167. The summed E-state index contributed by atoms with van der Waals surface area (Å²) in [4.78, 5) is 14.2. The first-order chi connectivity index (χ1) is 8.69. The summed E-state index contributed by atoms with van der Waals surface area (Å²) in [7, 11) is 0. The van der Waals surface area contributed by atoms with Crippen molar-refractivity contribution >= 4 is 5.91 Å². The van der Waals surface area contributed by atoms with Crippen molar-refractivity contribution in [1.82, 2.24) is 4.90 Å². The lowest BCUT2D eigenvalue weighted by Crippen LogP contribution is -2.45. The molecule has 4 heteroatoms. The summed E-state index contributed by atoms with van der Waals surface area (Å²) in [5, 5.41) is 8.91. The fraction of sp³-hybridized carbons (Fsp3) is 0.929. The van der Waals surface area contributed by atoms with Crippen LogP contribution in [0.3, 0.4) is 0 Å². The van der Waals surface area contributed by atoms with Crippen molar-refractivity contribution in [2.45, 2.75) is 57.9 Å². The first kappa shape index (κ1) is 15.4. The molecule has 1 aliphatic rings. The molecule has 1 fully saturated rings. The molecule has 1 saturated carbocycles. The van der Waals surface area contributed by atoms with Crippen molar-refractivity contribution in [2.24, 2.45) is 11.7 Å². The molecule has 0 saturated heterocycles. The Bertz CT molecular complexity index is 242. The molecule has 0 aromatic carbocycles. The van der Waals surface area contributed by atoms with E-state index in [1.807, 2.05) is 4.90 Å². The SMILES string of the molecule is CC(CCN)CCC(=O)N(CCCO)C1CCC1. The first-order valence-electron chi connectivity index (χ1n) is 7.29. The molecule has 0 bridgehead atoms. The van der Waals surface area contributed by atoms with Gasteiger partial charge in [0.1, 0.15) is 0 Å². The highest BCUT2D eigenvalue weighted by Crippen LogP contribution is 2.26. The van der Waals surface area contributed by atoms with Crippen LogP contribution in [0.4, 0.5) is 0 Å². The van der Waals surface area contributed by atoms with Gasteiger partial charge in [0, 0.05) is 25.6 Å². The second kappa shape index (κ2) is 8.48. The van der Waals surface area contributed by atoms with Crippen LogP contribution >= 0.6 is 0 Å². The quantitative estimate of drug-likeness (QED) is 0.657. The van der Waals surface area contributed by atoms with E-state index < -0.39 is 0 Å². The predicted octanol–water partition coefficient (Wildman–Crippen LogP) is 1.51. The molecule has 106 valence electrons. The summed E-state index contributed by atoms with van der Waals surface area (Å²) in [5.74, 6) is 0.789. The van der Waals surface area contributed by atoms with Crippen molar-refractivity contribution in [3.8, 4) is 0 Å². The summed E-state index contributed by atoms with van der Waals surface area (Å²) < 4.78 is 0. The van der Waals surface area contributed by atoms with Gasteiger partial charge in [0.25, 0.3) is 0 Å². The molecule has 0 spiro atoms. The number of carbonyl (C=O) groups excluding carboxylic acids is 1. The molecule has 1 amide bonds. The predicted molar refractivity (Wildman–Crippen MR) is 73.1 cm³/mol. The van der Waals surface area contributed by atoms with Gasteiger partial charge in [-0.15, -0.1) is 0 Å². The van der Waals surface area contributed by atoms with Gasteiger partial charge in [-0.2, -0.15) is 0 Å². The molecule has 0 aromatic heterocycles.